The molecule has 98 valence electrons. The second-order valence-electron chi connectivity index (χ2n) is 3.55. The van der Waals surface area contributed by atoms with Crippen LogP contribution in [0.1, 0.15) is 20.8 Å². The molecule has 0 aliphatic carbocycles. The van der Waals surface area contributed by atoms with Crippen LogP contribution in [0.2, 0.25) is 0 Å². The van der Waals surface area contributed by atoms with Gasteiger partial charge in [-0.25, -0.2) is 0 Å². The average molecular weight is 231 g/mol. The highest BCUT2D eigenvalue weighted by Crippen LogP contribution is 1.88. The van der Waals surface area contributed by atoms with Crippen LogP contribution in [-0.4, -0.2) is 63.9 Å². The van der Waals surface area contributed by atoms with Crippen molar-refractivity contribution in [3.05, 3.63) is 0 Å². The number of nitrogens with one attached hydrogen (secondary N) is 2. The Bertz CT molecular complexity index is 112. The van der Waals surface area contributed by atoms with E-state index in [0.717, 1.165) is 26.3 Å². The molecular weight excluding hydrogens is 202 g/mol. The summed E-state index contributed by atoms with van der Waals surface area (Å²) in [6, 6.07) is 0. The van der Waals surface area contributed by atoms with Crippen molar-refractivity contribution in [1.29, 1.82) is 0 Å². The summed E-state index contributed by atoms with van der Waals surface area (Å²) in [5.41, 5.74) is 0. The van der Waals surface area contributed by atoms with Crippen LogP contribution >= 0.6 is 0 Å². The minimum Gasteiger partial charge on any atom is -0.379 e. The molecule has 2 saturated heterocycles. The summed E-state index contributed by atoms with van der Waals surface area (Å²) < 4.78 is 5.01. The maximum absolute atomic E-state index is 5.01. The number of morpholine rings is 1. The number of ether oxygens (including phenoxy) is 1. The predicted molar refractivity (Wildman–Crippen MR) is 70.0 cm³/mol. The number of piperazine rings is 1. The van der Waals surface area contributed by atoms with Gasteiger partial charge in [-0.3, -0.25) is 0 Å². The van der Waals surface area contributed by atoms with E-state index in [1.54, 1.807) is 0 Å². The molecular formula is C12H29N3O. The van der Waals surface area contributed by atoms with Crippen LogP contribution in [0.25, 0.3) is 0 Å². The molecule has 0 aromatic rings. The van der Waals surface area contributed by atoms with E-state index in [1.165, 1.54) is 32.7 Å². The van der Waals surface area contributed by atoms with Gasteiger partial charge in [0.15, 0.2) is 0 Å². The van der Waals surface area contributed by atoms with Crippen LogP contribution in [0.3, 0.4) is 0 Å². The molecule has 0 saturated carbocycles. The number of hydrogen-bond donors (Lipinski definition) is 2. The Hall–Kier alpha value is -0.160. The Morgan fingerprint density at radius 1 is 0.938 bits per heavy atom. The van der Waals surface area contributed by atoms with Gasteiger partial charge >= 0.3 is 0 Å². The van der Waals surface area contributed by atoms with E-state index in [1.807, 2.05) is 13.8 Å². The minimum absolute atomic E-state index is 0.889. The Kier molecular flexibility index (Phi) is 12.8. The van der Waals surface area contributed by atoms with Crippen molar-refractivity contribution in [3.63, 3.8) is 0 Å². The van der Waals surface area contributed by atoms with Crippen LogP contribution in [0.4, 0.5) is 0 Å². The van der Waals surface area contributed by atoms with Crippen molar-refractivity contribution in [2.24, 2.45) is 0 Å². The van der Waals surface area contributed by atoms with Crippen molar-refractivity contribution in [1.82, 2.24) is 15.5 Å². The molecule has 0 aromatic heterocycles. The number of rotatable bonds is 1. The summed E-state index contributed by atoms with van der Waals surface area (Å²) in [6.07, 6.45) is 0. The van der Waals surface area contributed by atoms with E-state index in [2.05, 4.69) is 22.5 Å². The van der Waals surface area contributed by atoms with Crippen molar-refractivity contribution < 1.29 is 4.74 Å². The SMILES string of the molecule is C1COCCN1.CC.CCN1CCNCC1. The maximum atomic E-state index is 5.01. The third-order valence-electron chi connectivity index (χ3n) is 2.50. The van der Waals surface area contributed by atoms with E-state index in [9.17, 15) is 0 Å². The summed E-state index contributed by atoms with van der Waals surface area (Å²) in [4.78, 5) is 2.45. The second kappa shape index (κ2) is 12.9. The number of nitrogens with zero attached hydrogens (tertiary/aromatic N) is 1. The Balaban J connectivity index is 0.000000251. The fourth-order valence-electron chi connectivity index (χ4n) is 1.54. The Labute approximate surface area is 101 Å². The fraction of sp³-hybridized carbons (Fsp3) is 1.00. The Morgan fingerprint density at radius 2 is 1.44 bits per heavy atom. The van der Waals surface area contributed by atoms with E-state index >= 15 is 0 Å². The first kappa shape index (κ1) is 15.8. The third-order valence-corrected chi connectivity index (χ3v) is 2.50. The Morgan fingerprint density at radius 3 is 1.69 bits per heavy atom. The van der Waals surface area contributed by atoms with Crippen LogP contribution in [0, 0.1) is 0 Å². The third kappa shape index (κ3) is 9.09. The zero-order valence-electron chi connectivity index (χ0n) is 11.2. The quantitative estimate of drug-likeness (QED) is 0.691. The van der Waals surface area contributed by atoms with Crippen molar-refractivity contribution in [2.75, 3.05) is 59.0 Å². The molecule has 0 unspecified atom stereocenters. The number of likely N-dealkylation sites (N-methyl/N-ethyl adjacent to an activating group) is 1. The van der Waals surface area contributed by atoms with Gasteiger partial charge in [0.2, 0.25) is 0 Å². The monoisotopic (exact) mass is 231 g/mol. The van der Waals surface area contributed by atoms with Gasteiger partial charge in [0.1, 0.15) is 0 Å². The first-order valence-corrected chi connectivity index (χ1v) is 6.65. The molecule has 4 nitrogen and oxygen atoms in total. The van der Waals surface area contributed by atoms with Crippen molar-refractivity contribution in [2.45, 2.75) is 20.8 Å². The highest BCUT2D eigenvalue weighted by atomic mass is 16.5. The van der Waals surface area contributed by atoms with Crippen LogP contribution < -0.4 is 10.6 Å². The molecule has 0 atom stereocenters. The van der Waals surface area contributed by atoms with Crippen molar-refractivity contribution in [3.8, 4) is 0 Å². The zero-order chi connectivity index (χ0) is 12.1. The lowest BCUT2D eigenvalue weighted by atomic mass is 10.4. The normalized spacial score (nSPS) is 21.2. The molecule has 2 aliphatic rings. The van der Waals surface area contributed by atoms with Crippen molar-refractivity contribution >= 4 is 0 Å². The maximum Gasteiger partial charge on any atom is 0.0591 e. The van der Waals surface area contributed by atoms with E-state index in [-0.39, 0.29) is 0 Å². The van der Waals surface area contributed by atoms with Gasteiger partial charge in [0, 0.05) is 39.3 Å². The molecule has 0 radical (unpaired) electrons. The zero-order valence-corrected chi connectivity index (χ0v) is 11.2. The van der Waals surface area contributed by atoms with E-state index < -0.39 is 0 Å². The average Bonchev–Trinajstić information content (AvgIpc) is 2.44. The van der Waals surface area contributed by atoms with Gasteiger partial charge < -0.3 is 20.3 Å². The summed E-state index contributed by atoms with van der Waals surface area (Å²) in [5, 5.41) is 6.47. The molecule has 2 aliphatic heterocycles. The summed E-state index contributed by atoms with van der Waals surface area (Å²) in [7, 11) is 0. The standard InChI is InChI=1S/C6H14N2.C4H9NO.C2H6/c1-2-8-5-3-7-4-6-8;1-3-6-4-2-5-1;1-2/h7H,2-6H2,1H3;5H,1-4H2;1-2H3. The summed E-state index contributed by atoms with van der Waals surface area (Å²) in [6.45, 7) is 16.1. The molecule has 2 heterocycles. The second-order valence-corrected chi connectivity index (χ2v) is 3.55. The molecule has 16 heavy (non-hydrogen) atoms. The number of hydrogen-bond acceptors (Lipinski definition) is 4. The van der Waals surface area contributed by atoms with Crippen LogP contribution in [0.5, 0.6) is 0 Å². The predicted octanol–water partition coefficient (Wildman–Crippen LogP) is 0.544. The molecule has 0 bridgehead atoms. The van der Waals surface area contributed by atoms with Gasteiger partial charge in [-0.1, -0.05) is 20.8 Å². The smallest absolute Gasteiger partial charge is 0.0591 e. The van der Waals surface area contributed by atoms with E-state index in [0.29, 0.717) is 0 Å². The van der Waals surface area contributed by atoms with Crippen LogP contribution in [0.15, 0.2) is 0 Å². The molecule has 2 fully saturated rings. The van der Waals surface area contributed by atoms with E-state index in [4.69, 9.17) is 4.74 Å². The lowest BCUT2D eigenvalue weighted by Gasteiger charge is -2.25. The van der Waals surface area contributed by atoms with Gasteiger partial charge in [-0.05, 0) is 6.54 Å². The first-order chi connectivity index (χ1) is 7.93. The lowest BCUT2D eigenvalue weighted by molar-refractivity contribution is 0.109. The highest BCUT2D eigenvalue weighted by Gasteiger charge is 2.04. The van der Waals surface area contributed by atoms with Gasteiger partial charge in [0.25, 0.3) is 0 Å². The molecule has 4 heteroatoms. The molecule has 0 spiro atoms. The van der Waals surface area contributed by atoms with Gasteiger partial charge in [0.05, 0.1) is 13.2 Å². The molecule has 2 rings (SSSR count). The minimum atomic E-state index is 0.889. The molecule has 0 amide bonds. The lowest BCUT2D eigenvalue weighted by Crippen LogP contribution is -2.43. The topological polar surface area (TPSA) is 36.5 Å². The summed E-state index contributed by atoms with van der Waals surface area (Å²) in [5.74, 6) is 0. The van der Waals surface area contributed by atoms with Gasteiger partial charge in [-0.2, -0.15) is 0 Å². The largest absolute Gasteiger partial charge is 0.379 e. The molecule has 2 N–H and O–H groups in total. The summed E-state index contributed by atoms with van der Waals surface area (Å²) >= 11 is 0. The first-order valence-electron chi connectivity index (χ1n) is 6.65. The fourth-order valence-corrected chi connectivity index (χ4v) is 1.54. The van der Waals surface area contributed by atoms with Crippen LogP contribution in [-0.2, 0) is 4.74 Å². The molecule has 0 aromatic carbocycles. The highest BCUT2D eigenvalue weighted by molar-refractivity contribution is 4.64. The van der Waals surface area contributed by atoms with Gasteiger partial charge in [-0.15, -0.1) is 0 Å².